The van der Waals surface area contributed by atoms with Gasteiger partial charge < -0.3 is 0 Å². The van der Waals surface area contributed by atoms with E-state index in [1.165, 1.54) is 0 Å². The van der Waals surface area contributed by atoms with Gasteiger partial charge in [0.05, 0.1) is 0 Å². The summed E-state index contributed by atoms with van der Waals surface area (Å²) in [5, 5.41) is 0. The lowest BCUT2D eigenvalue weighted by molar-refractivity contribution is 0.926. The van der Waals surface area contributed by atoms with Crippen molar-refractivity contribution in [3.63, 3.8) is 0 Å². The molecule has 0 nitrogen and oxygen atoms in total. The van der Waals surface area contributed by atoms with Crippen molar-refractivity contribution in [2.45, 2.75) is 20.3 Å². The fourth-order valence-electron chi connectivity index (χ4n) is 0.368. The molecule has 0 aromatic carbocycles. The van der Waals surface area contributed by atoms with Crippen LogP contribution in [-0.2, 0) is 0 Å². The molecule has 0 fully saturated rings. The lowest BCUT2D eigenvalue weighted by atomic mass is 10.2. The number of hydrogen-bond acceptors (Lipinski definition) is 0. The summed E-state index contributed by atoms with van der Waals surface area (Å²) in [6, 6.07) is 0. The van der Waals surface area contributed by atoms with Gasteiger partial charge in [-0.2, -0.15) is 0 Å². The van der Waals surface area contributed by atoms with Crippen molar-refractivity contribution in [3.8, 4) is 0 Å². The van der Waals surface area contributed by atoms with Gasteiger partial charge >= 0.3 is 0 Å². The highest BCUT2D eigenvalue weighted by atomic mass is 13.8. The van der Waals surface area contributed by atoms with Gasteiger partial charge in [-0.3, -0.25) is 0 Å². The molecule has 7 heavy (non-hydrogen) atoms. The van der Waals surface area contributed by atoms with Crippen molar-refractivity contribution >= 4 is 0 Å². The molecule has 0 aliphatic heterocycles. The first kappa shape index (κ1) is 6.74. The molecule has 1 unspecified atom stereocenters. The Morgan fingerprint density at radius 2 is 2.29 bits per heavy atom. The van der Waals surface area contributed by atoms with E-state index in [1.54, 1.807) is 0 Å². The van der Waals surface area contributed by atoms with Crippen LogP contribution in [0.2, 0.25) is 0 Å². The molecule has 0 rings (SSSR count). The molecule has 0 saturated carbocycles. The van der Waals surface area contributed by atoms with Gasteiger partial charge in [-0.25, -0.2) is 0 Å². The number of hydrogen-bond donors (Lipinski definition) is 0. The highest BCUT2D eigenvalue weighted by Crippen LogP contribution is 1.92. The smallest absolute Gasteiger partial charge is 0.0262 e. The van der Waals surface area contributed by atoms with Crippen LogP contribution in [0.1, 0.15) is 20.3 Å². The zero-order valence-electron chi connectivity index (χ0n) is 5.15. The molecule has 41 valence electrons. The van der Waals surface area contributed by atoms with E-state index < -0.39 is 0 Å². The topological polar surface area (TPSA) is 0 Å². The Labute approximate surface area is 46.2 Å². The van der Waals surface area contributed by atoms with Gasteiger partial charge in [-0.15, -0.1) is 0 Å². The second-order valence-electron chi connectivity index (χ2n) is 1.81. The fraction of sp³-hybridized carbons (Fsp3) is 0.571. The molecule has 1 radical (unpaired) electrons. The normalized spacial score (nSPS) is 11.4. The van der Waals surface area contributed by atoms with E-state index in [0.29, 0.717) is 5.92 Å². The van der Waals surface area contributed by atoms with E-state index in [4.69, 9.17) is 0 Å². The molecule has 0 heterocycles. The Bertz CT molecular complexity index is 51.1. The van der Waals surface area contributed by atoms with Crippen molar-refractivity contribution in [1.29, 1.82) is 0 Å². The molecular weight excluding hydrogens is 84.1 g/mol. The molecular formula is C7H13. The zero-order chi connectivity index (χ0) is 5.70. The summed E-state index contributed by atoms with van der Waals surface area (Å²) in [5.74, 6) is 0.472. The Morgan fingerprint density at radius 3 is 2.43 bits per heavy atom. The molecule has 1 atom stereocenters. The Kier molecular flexibility index (Phi) is 3.77. The van der Waals surface area contributed by atoms with Crippen LogP contribution in [0.25, 0.3) is 0 Å². The van der Waals surface area contributed by atoms with Crippen molar-refractivity contribution in [1.82, 2.24) is 0 Å². The Morgan fingerprint density at radius 1 is 1.71 bits per heavy atom. The van der Waals surface area contributed by atoms with Crippen molar-refractivity contribution in [2.24, 2.45) is 5.92 Å². The van der Waals surface area contributed by atoms with E-state index in [2.05, 4.69) is 32.9 Å². The lowest BCUT2D eigenvalue weighted by Crippen LogP contribution is -1.75. The summed E-state index contributed by atoms with van der Waals surface area (Å²) < 4.78 is 0. The molecule has 0 bridgehead atoms. The van der Waals surface area contributed by atoms with Crippen LogP contribution in [-0.4, -0.2) is 0 Å². The third-order valence-electron chi connectivity index (χ3n) is 0.700. The summed E-state index contributed by atoms with van der Waals surface area (Å²) in [4.78, 5) is 0. The molecule has 0 N–H and O–H groups in total. The summed E-state index contributed by atoms with van der Waals surface area (Å²) in [6.07, 6.45) is 5.37. The minimum atomic E-state index is 0.472. The third kappa shape index (κ3) is 5.74. The van der Waals surface area contributed by atoms with Crippen LogP contribution >= 0.6 is 0 Å². The van der Waals surface area contributed by atoms with Gasteiger partial charge in [0.25, 0.3) is 0 Å². The molecule has 0 aromatic rings. The van der Waals surface area contributed by atoms with Gasteiger partial charge in [0.2, 0.25) is 0 Å². The van der Waals surface area contributed by atoms with E-state index in [0.717, 1.165) is 6.42 Å². The second kappa shape index (κ2) is 3.91. The van der Waals surface area contributed by atoms with E-state index in [-0.39, 0.29) is 0 Å². The van der Waals surface area contributed by atoms with Crippen LogP contribution in [0.4, 0.5) is 0 Å². The summed E-state index contributed by atoms with van der Waals surface area (Å²) in [6.45, 7) is 7.99. The first-order valence-electron chi connectivity index (χ1n) is 2.77. The quantitative estimate of drug-likeness (QED) is 0.464. The number of rotatable bonds is 2. The molecule has 0 aliphatic rings. The number of allylic oxidation sites excluding steroid dienone is 2. The van der Waals surface area contributed by atoms with E-state index in [9.17, 15) is 0 Å². The van der Waals surface area contributed by atoms with E-state index in [1.807, 2.05) is 0 Å². The van der Waals surface area contributed by atoms with Gasteiger partial charge in [-0.05, 0) is 19.3 Å². The third-order valence-corrected chi connectivity index (χ3v) is 0.700. The Balaban J connectivity index is 3.08. The Hall–Kier alpha value is -0.260. The van der Waals surface area contributed by atoms with Crippen molar-refractivity contribution < 1.29 is 0 Å². The predicted molar refractivity (Wildman–Crippen MR) is 34.0 cm³/mol. The maximum atomic E-state index is 3.79. The largest absolute Gasteiger partial charge is 0.0885 e. The highest BCUT2D eigenvalue weighted by Gasteiger charge is 1.78. The minimum absolute atomic E-state index is 0.472. The lowest BCUT2D eigenvalue weighted by Gasteiger charge is -1.88. The fourth-order valence-corrected chi connectivity index (χ4v) is 0.368. The summed E-state index contributed by atoms with van der Waals surface area (Å²) >= 11 is 0. The minimum Gasteiger partial charge on any atom is -0.0885 e. The van der Waals surface area contributed by atoms with Gasteiger partial charge in [0, 0.05) is 0 Å². The second-order valence-corrected chi connectivity index (χ2v) is 1.81. The average molecular weight is 97.2 g/mol. The molecule has 0 spiro atoms. The maximum Gasteiger partial charge on any atom is -0.0262 e. The highest BCUT2D eigenvalue weighted by molar-refractivity contribution is 4.85. The summed E-state index contributed by atoms with van der Waals surface area (Å²) in [7, 11) is 0. The van der Waals surface area contributed by atoms with Crippen LogP contribution in [0, 0.1) is 12.8 Å². The van der Waals surface area contributed by atoms with Crippen LogP contribution < -0.4 is 0 Å². The van der Waals surface area contributed by atoms with Crippen LogP contribution in [0.15, 0.2) is 12.2 Å². The van der Waals surface area contributed by atoms with Gasteiger partial charge in [-0.1, -0.05) is 26.0 Å². The van der Waals surface area contributed by atoms with Crippen LogP contribution in [0.3, 0.4) is 0 Å². The standard InChI is InChI=1S/C7H13/c1-4-5-6-7(2)3/h5-7H,2,4H2,1,3H3/b6-5-. The van der Waals surface area contributed by atoms with E-state index >= 15 is 0 Å². The maximum absolute atomic E-state index is 3.79. The predicted octanol–water partition coefficient (Wildman–Crippen LogP) is 2.42. The first-order chi connectivity index (χ1) is 3.27. The summed E-state index contributed by atoms with van der Waals surface area (Å²) in [5.41, 5.74) is 0. The van der Waals surface area contributed by atoms with Crippen molar-refractivity contribution in [3.05, 3.63) is 19.1 Å². The van der Waals surface area contributed by atoms with Gasteiger partial charge in [0.15, 0.2) is 0 Å². The zero-order valence-corrected chi connectivity index (χ0v) is 5.15. The first-order valence-corrected chi connectivity index (χ1v) is 2.77. The SMILES string of the molecule is [CH2]C(C)/C=C\CC. The van der Waals surface area contributed by atoms with Gasteiger partial charge in [0.1, 0.15) is 0 Å². The average Bonchev–Trinajstić information content (AvgIpc) is 1.61. The molecule has 0 amide bonds. The molecule has 0 saturated heterocycles. The molecule has 0 aliphatic carbocycles. The van der Waals surface area contributed by atoms with Crippen LogP contribution in [0.5, 0.6) is 0 Å². The molecule has 0 heteroatoms. The monoisotopic (exact) mass is 97.1 g/mol. The van der Waals surface area contributed by atoms with Crippen molar-refractivity contribution in [2.75, 3.05) is 0 Å². The molecule has 0 aromatic heterocycles.